The molecule has 44 heavy (non-hydrogen) atoms. The van der Waals surface area contributed by atoms with E-state index in [2.05, 4.69) is 102 Å². The lowest BCUT2D eigenvalue weighted by Gasteiger charge is -2.44. The van der Waals surface area contributed by atoms with Gasteiger partial charge >= 0.3 is 5.97 Å². The van der Waals surface area contributed by atoms with Crippen molar-refractivity contribution in [3.63, 3.8) is 0 Å². The number of benzene rings is 3. The molecule has 0 spiro atoms. The molecule has 236 valence electrons. The fraction of sp³-hybridized carbons (Fsp3) is 0.447. The molecule has 0 unspecified atom stereocenters. The highest BCUT2D eigenvalue weighted by Crippen LogP contribution is 2.38. The summed E-state index contributed by atoms with van der Waals surface area (Å²) < 4.78 is 24.7. The zero-order valence-electron chi connectivity index (χ0n) is 27.4. The molecule has 1 heterocycles. The number of cyclic esters (lactones) is 1. The molecular weight excluding hydrogens is 564 g/mol. The van der Waals surface area contributed by atoms with E-state index in [4.69, 9.17) is 18.6 Å². The van der Waals surface area contributed by atoms with E-state index in [9.17, 15) is 4.79 Å². The predicted octanol–water partition coefficient (Wildman–Crippen LogP) is 7.47. The van der Waals surface area contributed by atoms with Crippen molar-refractivity contribution in [3.8, 4) is 5.75 Å². The maximum Gasteiger partial charge on any atom is 0.306 e. The van der Waals surface area contributed by atoms with Crippen LogP contribution in [-0.4, -0.2) is 40.2 Å². The molecule has 5 nitrogen and oxygen atoms in total. The Balaban J connectivity index is 1.50. The molecule has 0 N–H and O–H groups in total. The van der Waals surface area contributed by atoms with E-state index in [1.54, 1.807) is 7.11 Å². The van der Waals surface area contributed by atoms with Crippen LogP contribution in [-0.2, 0) is 25.3 Å². The van der Waals surface area contributed by atoms with Crippen LogP contribution in [0.5, 0.6) is 5.75 Å². The smallest absolute Gasteiger partial charge is 0.306 e. The summed E-state index contributed by atoms with van der Waals surface area (Å²) in [6, 6.07) is 29.5. The Morgan fingerprint density at radius 1 is 0.955 bits per heavy atom. The van der Waals surface area contributed by atoms with E-state index >= 15 is 0 Å². The number of hydrogen-bond donors (Lipinski definition) is 0. The SMILES string of the molecule is C=C(CC[C@@H](CO[Si](c1ccccc1)(c1ccccc1)C(C)(C)C)C(C)C)[C@@H](OCc1ccc(OC)cc1)[C@H]1CCC(=O)O1. The zero-order valence-corrected chi connectivity index (χ0v) is 28.4. The van der Waals surface area contributed by atoms with Crippen molar-refractivity contribution < 1.29 is 23.4 Å². The molecule has 1 fully saturated rings. The van der Waals surface area contributed by atoms with Gasteiger partial charge in [-0.3, -0.25) is 4.79 Å². The van der Waals surface area contributed by atoms with Crippen LogP contribution in [0.15, 0.2) is 97.1 Å². The molecule has 1 aliphatic rings. The Labute approximate surface area is 265 Å². The van der Waals surface area contributed by atoms with Gasteiger partial charge in [0.2, 0.25) is 0 Å². The monoisotopic (exact) mass is 614 g/mol. The van der Waals surface area contributed by atoms with Crippen molar-refractivity contribution >= 4 is 24.7 Å². The molecule has 3 aromatic carbocycles. The summed E-state index contributed by atoms with van der Waals surface area (Å²) in [5.74, 6) is 1.38. The number of carbonyl (C=O) groups is 1. The summed E-state index contributed by atoms with van der Waals surface area (Å²) in [4.78, 5) is 12.0. The molecule has 0 aromatic heterocycles. The van der Waals surface area contributed by atoms with Crippen LogP contribution in [0, 0.1) is 11.8 Å². The molecular formula is C38H50O5Si. The lowest BCUT2D eigenvalue weighted by Crippen LogP contribution is -2.67. The van der Waals surface area contributed by atoms with Crippen molar-refractivity contribution in [1.82, 2.24) is 0 Å². The van der Waals surface area contributed by atoms with Crippen molar-refractivity contribution in [2.45, 2.75) is 84.2 Å². The van der Waals surface area contributed by atoms with Crippen LogP contribution in [0.1, 0.15) is 65.9 Å². The highest BCUT2D eigenvalue weighted by molar-refractivity contribution is 6.99. The Hall–Kier alpha value is -3.19. The Bertz CT molecular complexity index is 1290. The molecule has 0 radical (unpaired) electrons. The van der Waals surface area contributed by atoms with Gasteiger partial charge in [0.1, 0.15) is 18.0 Å². The maximum atomic E-state index is 12.0. The van der Waals surface area contributed by atoms with Crippen LogP contribution in [0.3, 0.4) is 0 Å². The van der Waals surface area contributed by atoms with Gasteiger partial charge in [-0.1, -0.05) is 114 Å². The van der Waals surface area contributed by atoms with Gasteiger partial charge in [-0.05, 0) is 69.8 Å². The molecule has 0 saturated carbocycles. The van der Waals surface area contributed by atoms with Gasteiger partial charge in [0.15, 0.2) is 0 Å². The first-order valence-corrected chi connectivity index (χ1v) is 17.8. The second-order valence-electron chi connectivity index (χ2n) is 13.3. The number of methoxy groups -OCH3 is 1. The van der Waals surface area contributed by atoms with Gasteiger partial charge in [-0.25, -0.2) is 0 Å². The number of hydrogen-bond acceptors (Lipinski definition) is 5. The first-order chi connectivity index (χ1) is 21.0. The summed E-state index contributed by atoms with van der Waals surface area (Å²) in [5.41, 5.74) is 2.00. The molecule has 4 rings (SSSR count). The fourth-order valence-corrected chi connectivity index (χ4v) is 10.9. The molecule has 3 atom stereocenters. The molecule has 0 bridgehead atoms. The minimum Gasteiger partial charge on any atom is -0.497 e. The third-order valence-corrected chi connectivity index (χ3v) is 14.0. The van der Waals surface area contributed by atoms with Crippen LogP contribution >= 0.6 is 0 Å². The topological polar surface area (TPSA) is 54.0 Å². The van der Waals surface area contributed by atoms with Gasteiger partial charge < -0.3 is 18.6 Å². The fourth-order valence-electron chi connectivity index (χ4n) is 6.27. The average molecular weight is 615 g/mol. The van der Waals surface area contributed by atoms with Crippen LogP contribution < -0.4 is 15.1 Å². The third kappa shape index (κ3) is 8.09. The summed E-state index contributed by atoms with van der Waals surface area (Å²) in [6.07, 6.45) is 2.09. The van der Waals surface area contributed by atoms with Gasteiger partial charge in [-0.2, -0.15) is 0 Å². The minimum absolute atomic E-state index is 0.0758. The van der Waals surface area contributed by atoms with Crippen LogP contribution in [0.4, 0.5) is 0 Å². The van der Waals surface area contributed by atoms with Crippen LogP contribution in [0.25, 0.3) is 0 Å². The molecule has 1 aliphatic heterocycles. The Kier molecular flexibility index (Phi) is 11.6. The van der Waals surface area contributed by atoms with E-state index in [1.807, 2.05) is 24.3 Å². The normalized spacial score (nSPS) is 16.9. The van der Waals surface area contributed by atoms with Crippen molar-refractivity contribution in [2.24, 2.45) is 11.8 Å². The number of carbonyl (C=O) groups excluding carboxylic acids is 1. The third-order valence-electron chi connectivity index (χ3n) is 8.95. The number of rotatable bonds is 15. The summed E-state index contributed by atoms with van der Waals surface area (Å²) in [5, 5.41) is 2.51. The standard InChI is InChI=1S/C38H50O5Si/c1-28(2)31(27-42-44(38(4,5)6,33-14-10-8-11-15-33)34-16-12-9-13-17-34)21-18-29(3)37(35-24-25-36(39)43-35)41-26-30-19-22-32(40-7)23-20-30/h8-17,19-20,22-23,28,31,35,37H,3,18,21,24-27H2,1-2,4-7H3/t31-,35+,37+/m0/s1. The van der Waals surface area contributed by atoms with E-state index in [0.717, 1.165) is 29.7 Å². The summed E-state index contributed by atoms with van der Waals surface area (Å²) in [7, 11) is -0.979. The second-order valence-corrected chi connectivity index (χ2v) is 17.6. The minimum atomic E-state index is -2.64. The van der Waals surface area contributed by atoms with Gasteiger partial charge in [-0.15, -0.1) is 0 Å². The lowest BCUT2D eigenvalue weighted by molar-refractivity contribution is -0.146. The average Bonchev–Trinajstić information content (AvgIpc) is 3.45. The van der Waals surface area contributed by atoms with Gasteiger partial charge in [0.05, 0.1) is 13.7 Å². The Morgan fingerprint density at radius 3 is 2.02 bits per heavy atom. The highest BCUT2D eigenvalue weighted by Gasteiger charge is 2.50. The Morgan fingerprint density at radius 2 is 1.55 bits per heavy atom. The molecule has 0 aliphatic carbocycles. The number of ether oxygens (including phenoxy) is 3. The predicted molar refractivity (Wildman–Crippen MR) is 181 cm³/mol. The molecule has 1 saturated heterocycles. The first-order valence-electron chi connectivity index (χ1n) is 15.9. The maximum absolute atomic E-state index is 12.0. The summed E-state index contributed by atoms with van der Waals surface area (Å²) in [6.45, 7) is 17.0. The van der Waals surface area contributed by atoms with Gasteiger partial charge in [0, 0.05) is 13.0 Å². The number of esters is 1. The molecule has 0 amide bonds. The van der Waals surface area contributed by atoms with Crippen molar-refractivity contribution in [2.75, 3.05) is 13.7 Å². The largest absolute Gasteiger partial charge is 0.497 e. The second kappa shape index (κ2) is 15.2. The van der Waals surface area contributed by atoms with Crippen LogP contribution in [0.2, 0.25) is 5.04 Å². The van der Waals surface area contributed by atoms with E-state index in [1.165, 1.54) is 10.4 Å². The summed E-state index contributed by atoms with van der Waals surface area (Å²) >= 11 is 0. The quantitative estimate of drug-likeness (QED) is 0.101. The van der Waals surface area contributed by atoms with Gasteiger partial charge in [0.25, 0.3) is 8.32 Å². The van der Waals surface area contributed by atoms with E-state index < -0.39 is 8.32 Å². The lowest BCUT2D eigenvalue weighted by atomic mass is 9.88. The highest BCUT2D eigenvalue weighted by atomic mass is 28.4. The van der Waals surface area contributed by atoms with E-state index in [0.29, 0.717) is 37.9 Å². The zero-order chi connectivity index (χ0) is 31.7. The molecule has 3 aromatic rings. The first kappa shape index (κ1) is 33.7. The van der Waals surface area contributed by atoms with Crippen molar-refractivity contribution in [3.05, 3.63) is 103 Å². The molecule has 6 heteroatoms. The van der Waals surface area contributed by atoms with E-state index in [-0.39, 0.29) is 23.2 Å². The van der Waals surface area contributed by atoms with Crippen molar-refractivity contribution in [1.29, 1.82) is 0 Å².